The number of hydrogen-bond acceptors (Lipinski definition) is 6. The van der Waals surface area contributed by atoms with E-state index in [1.54, 1.807) is 12.1 Å². The van der Waals surface area contributed by atoms with E-state index in [0.29, 0.717) is 22.6 Å². The minimum atomic E-state index is -1.06. The number of benzene rings is 3. The zero-order valence-corrected chi connectivity index (χ0v) is 23.0. The molecule has 0 aliphatic carbocycles. The summed E-state index contributed by atoms with van der Waals surface area (Å²) in [6.07, 6.45) is 0.858. The van der Waals surface area contributed by atoms with Crippen LogP contribution in [0.1, 0.15) is 50.4 Å². The Kier molecular flexibility index (Phi) is 8.89. The molecule has 0 saturated carbocycles. The average molecular weight is 556 g/mol. The number of methoxy groups -OCH3 is 1. The highest BCUT2D eigenvalue weighted by molar-refractivity contribution is 6.04. The maximum Gasteiger partial charge on any atom is 0.303 e. The SMILES string of the molecule is COc1cc(-c2cccc(-c3cccc(NC(=O)c4ccc(C(=O)CCC(=O)O)cn4)c3C)c2C)cc(F)c1CN. The molecule has 3 aromatic carbocycles. The standard InChI is InChI=1S/C32H30FN3O5/c1-18-22(21-14-26(33)25(16-34)30(15-21)41-3)6-4-7-23(18)24-8-5-9-27(19(24)2)36-32(40)28-11-10-20(17-35-28)29(37)12-13-31(38)39/h4-11,14-15,17H,12-13,16,34H2,1-3H3,(H,36,40)(H,38,39). The van der Waals surface area contributed by atoms with E-state index in [0.717, 1.165) is 27.8 Å². The Balaban J connectivity index is 1.61. The molecule has 8 nitrogen and oxygen atoms in total. The number of carbonyl (C=O) groups excluding carboxylic acids is 2. The molecule has 1 amide bonds. The van der Waals surface area contributed by atoms with E-state index >= 15 is 0 Å². The summed E-state index contributed by atoms with van der Waals surface area (Å²) in [7, 11) is 1.48. The van der Waals surface area contributed by atoms with Crippen molar-refractivity contribution >= 4 is 23.3 Å². The molecule has 0 fully saturated rings. The van der Waals surface area contributed by atoms with Crippen molar-refractivity contribution < 1.29 is 28.6 Å². The predicted octanol–water partition coefficient (Wildman–Crippen LogP) is 5.94. The van der Waals surface area contributed by atoms with E-state index in [9.17, 15) is 18.8 Å². The van der Waals surface area contributed by atoms with Gasteiger partial charge in [-0.2, -0.15) is 0 Å². The van der Waals surface area contributed by atoms with Crippen molar-refractivity contribution in [1.82, 2.24) is 4.98 Å². The van der Waals surface area contributed by atoms with Crippen molar-refractivity contribution in [3.63, 3.8) is 0 Å². The van der Waals surface area contributed by atoms with Crippen molar-refractivity contribution in [1.29, 1.82) is 0 Å². The highest BCUT2D eigenvalue weighted by Gasteiger charge is 2.17. The molecule has 0 bridgehead atoms. The Morgan fingerprint density at radius 2 is 1.63 bits per heavy atom. The third-order valence-corrected chi connectivity index (χ3v) is 6.98. The number of pyridine rings is 1. The van der Waals surface area contributed by atoms with Crippen molar-refractivity contribution in [3.8, 4) is 28.0 Å². The zero-order chi connectivity index (χ0) is 29.7. The fourth-order valence-corrected chi connectivity index (χ4v) is 4.69. The lowest BCUT2D eigenvalue weighted by Gasteiger charge is -2.17. The molecule has 0 unspecified atom stereocenters. The van der Waals surface area contributed by atoms with Gasteiger partial charge in [-0.3, -0.25) is 19.4 Å². The van der Waals surface area contributed by atoms with Crippen LogP contribution in [0.15, 0.2) is 66.9 Å². The van der Waals surface area contributed by atoms with Crippen LogP contribution >= 0.6 is 0 Å². The number of nitrogens with one attached hydrogen (secondary N) is 1. The first-order valence-electron chi connectivity index (χ1n) is 12.9. The maximum absolute atomic E-state index is 14.8. The Morgan fingerprint density at radius 1 is 0.951 bits per heavy atom. The Hall–Kier alpha value is -4.89. The fourth-order valence-electron chi connectivity index (χ4n) is 4.69. The second-order valence-electron chi connectivity index (χ2n) is 9.50. The number of nitrogens with two attached hydrogens (primary N) is 1. The van der Waals surface area contributed by atoms with E-state index in [4.69, 9.17) is 15.6 Å². The van der Waals surface area contributed by atoms with Gasteiger partial charge in [0.05, 0.1) is 13.5 Å². The first-order chi connectivity index (χ1) is 19.6. The second-order valence-corrected chi connectivity index (χ2v) is 9.50. The van der Waals surface area contributed by atoms with Gasteiger partial charge in [-0.15, -0.1) is 0 Å². The number of anilines is 1. The van der Waals surface area contributed by atoms with Gasteiger partial charge in [-0.1, -0.05) is 30.3 Å². The summed E-state index contributed by atoms with van der Waals surface area (Å²) < 4.78 is 20.2. The summed E-state index contributed by atoms with van der Waals surface area (Å²) >= 11 is 0. The Labute approximate surface area is 237 Å². The molecule has 41 heavy (non-hydrogen) atoms. The van der Waals surface area contributed by atoms with Crippen molar-refractivity contribution in [3.05, 3.63) is 101 Å². The molecule has 0 atom stereocenters. The van der Waals surface area contributed by atoms with E-state index < -0.39 is 17.7 Å². The van der Waals surface area contributed by atoms with Crippen LogP contribution in [0.3, 0.4) is 0 Å². The van der Waals surface area contributed by atoms with E-state index in [1.807, 2.05) is 44.2 Å². The number of amides is 1. The van der Waals surface area contributed by atoms with Crippen LogP contribution in [0.4, 0.5) is 10.1 Å². The summed E-state index contributed by atoms with van der Waals surface area (Å²) in [5, 5.41) is 11.7. The molecule has 210 valence electrons. The minimum Gasteiger partial charge on any atom is -0.496 e. The molecule has 1 heterocycles. The lowest BCUT2D eigenvalue weighted by Crippen LogP contribution is -2.15. The largest absolute Gasteiger partial charge is 0.496 e. The number of carboxylic acid groups (broad SMARTS) is 1. The maximum atomic E-state index is 14.8. The monoisotopic (exact) mass is 555 g/mol. The van der Waals surface area contributed by atoms with E-state index in [1.165, 1.54) is 31.5 Å². The van der Waals surface area contributed by atoms with Gasteiger partial charge < -0.3 is 20.9 Å². The summed E-state index contributed by atoms with van der Waals surface area (Å²) in [6, 6.07) is 17.5. The number of aromatic nitrogens is 1. The van der Waals surface area contributed by atoms with E-state index in [-0.39, 0.29) is 36.4 Å². The fraction of sp³-hybridized carbons (Fsp3) is 0.188. The summed E-state index contributed by atoms with van der Waals surface area (Å²) in [4.78, 5) is 39.9. The first kappa shape index (κ1) is 29.1. The number of halogens is 1. The molecular weight excluding hydrogens is 525 g/mol. The number of ketones is 1. The zero-order valence-electron chi connectivity index (χ0n) is 23.0. The molecule has 0 spiro atoms. The molecule has 4 aromatic rings. The van der Waals surface area contributed by atoms with Gasteiger partial charge in [0.15, 0.2) is 5.78 Å². The predicted molar refractivity (Wildman–Crippen MR) is 155 cm³/mol. The highest BCUT2D eigenvalue weighted by atomic mass is 19.1. The van der Waals surface area contributed by atoms with Crippen LogP contribution in [-0.4, -0.2) is 34.9 Å². The minimum absolute atomic E-state index is 0.0244. The van der Waals surface area contributed by atoms with Crippen molar-refractivity contribution in [2.24, 2.45) is 5.73 Å². The number of carbonyl (C=O) groups is 3. The second kappa shape index (κ2) is 12.5. The number of carboxylic acids is 1. The molecule has 0 aliphatic rings. The normalized spacial score (nSPS) is 10.8. The molecule has 4 N–H and O–H groups in total. The number of Topliss-reactive ketones (excluding diaryl/α,β-unsaturated/α-hetero) is 1. The number of ether oxygens (including phenoxy) is 1. The van der Waals surface area contributed by atoms with Gasteiger partial charge in [0.2, 0.25) is 0 Å². The van der Waals surface area contributed by atoms with E-state index in [2.05, 4.69) is 10.3 Å². The van der Waals surface area contributed by atoms with Crippen LogP contribution in [0, 0.1) is 19.7 Å². The molecule has 9 heteroatoms. The summed E-state index contributed by atoms with van der Waals surface area (Å²) in [6.45, 7) is 3.88. The molecular formula is C32H30FN3O5. The topological polar surface area (TPSA) is 132 Å². The number of rotatable bonds is 10. The summed E-state index contributed by atoms with van der Waals surface area (Å²) in [5.41, 5.74) is 12.0. The van der Waals surface area contributed by atoms with Gasteiger partial charge in [0.25, 0.3) is 5.91 Å². The smallest absolute Gasteiger partial charge is 0.303 e. The van der Waals surface area contributed by atoms with Crippen LogP contribution in [0.2, 0.25) is 0 Å². The molecule has 1 aromatic heterocycles. The Bertz CT molecular complexity index is 1630. The lowest BCUT2D eigenvalue weighted by molar-refractivity contribution is -0.136. The highest BCUT2D eigenvalue weighted by Crippen LogP contribution is 2.37. The summed E-state index contributed by atoms with van der Waals surface area (Å²) in [5.74, 6) is -1.91. The first-order valence-corrected chi connectivity index (χ1v) is 12.9. The quantitative estimate of drug-likeness (QED) is 0.206. The molecule has 0 radical (unpaired) electrons. The number of nitrogens with zero attached hydrogens (tertiary/aromatic N) is 1. The van der Waals surface area contributed by atoms with Crippen LogP contribution in [0.25, 0.3) is 22.3 Å². The van der Waals surface area contributed by atoms with Gasteiger partial charge in [-0.05, 0) is 77.6 Å². The molecule has 4 rings (SSSR count). The average Bonchev–Trinajstić information content (AvgIpc) is 2.96. The van der Waals surface area contributed by atoms with Crippen LogP contribution in [0.5, 0.6) is 5.75 Å². The van der Waals surface area contributed by atoms with Gasteiger partial charge in [-0.25, -0.2) is 4.39 Å². The molecule has 0 aliphatic heterocycles. The van der Waals surface area contributed by atoms with Crippen molar-refractivity contribution in [2.75, 3.05) is 12.4 Å². The van der Waals surface area contributed by atoms with Crippen LogP contribution in [-0.2, 0) is 11.3 Å². The van der Waals surface area contributed by atoms with Crippen LogP contribution < -0.4 is 15.8 Å². The number of hydrogen-bond donors (Lipinski definition) is 3. The van der Waals surface area contributed by atoms with Gasteiger partial charge in [0, 0.05) is 36.0 Å². The third kappa shape index (κ3) is 6.31. The molecule has 0 saturated heterocycles. The number of aliphatic carboxylic acids is 1. The van der Waals surface area contributed by atoms with Gasteiger partial charge >= 0.3 is 5.97 Å². The third-order valence-electron chi connectivity index (χ3n) is 6.98. The van der Waals surface area contributed by atoms with Crippen molar-refractivity contribution in [2.45, 2.75) is 33.2 Å². The Morgan fingerprint density at radius 3 is 2.27 bits per heavy atom. The van der Waals surface area contributed by atoms with Gasteiger partial charge in [0.1, 0.15) is 17.3 Å². The lowest BCUT2D eigenvalue weighted by atomic mass is 9.90.